The van der Waals surface area contributed by atoms with Gasteiger partial charge in [0.25, 0.3) is 0 Å². The summed E-state index contributed by atoms with van der Waals surface area (Å²) in [5.41, 5.74) is 2.60. The predicted octanol–water partition coefficient (Wildman–Crippen LogP) is 3.17. The summed E-state index contributed by atoms with van der Waals surface area (Å²) in [5, 5.41) is 1.16. The van der Waals surface area contributed by atoms with Gasteiger partial charge >= 0.3 is 0 Å². The highest BCUT2D eigenvalue weighted by Crippen LogP contribution is 2.34. The van der Waals surface area contributed by atoms with Crippen molar-refractivity contribution >= 4 is 33.3 Å². The van der Waals surface area contributed by atoms with Gasteiger partial charge in [0.2, 0.25) is 5.95 Å². The highest BCUT2D eigenvalue weighted by atomic mass is 32.1. The van der Waals surface area contributed by atoms with Gasteiger partial charge in [-0.2, -0.15) is 4.98 Å². The third-order valence-corrected chi connectivity index (χ3v) is 5.46. The molecule has 0 spiro atoms. The quantitative estimate of drug-likeness (QED) is 0.634. The summed E-state index contributed by atoms with van der Waals surface area (Å²) in [7, 11) is 0. The van der Waals surface area contributed by atoms with Crippen LogP contribution in [-0.2, 0) is 6.42 Å². The van der Waals surface area contributed by atoms with Gasteiger partial charge in [-0.1, -0.05) is 13.3 Å². The zero-order valence-corrected chi connectivity index (χ0v) is 13.5. The van der Waals surface area contributed by atoms with E-state index in [0.717, 1.165) is 41.5 Å². The predicted molar refractivity (Wildman–Crippen MR) is 89.8 cm³/mol. The number of aryl methyl sites for hydroxylation is 1. The van der Waals surface area contributed by atoms with Crippen LogP contribution in [0, 0.1) is 5.92 Å². The first-order valence-electron chi connectivity index (χ1n) is 7.77. The molecule has 2 aromatic rings. The minimum atomic E-state index is 0.508. The van der Waals surface area contributed by atoms with Crippen LogP contribution in [0.15, 0.2) is 6.07 Å². The van der Waals surface area contributed by atoms with Crippen LogP contribution in [0.3, 0.4) is 0 Å². The van der Waals surface area contributed by atoms with E-state index in [9.17, 15) is 0 Å². The van der Waals surface area contributed by atoms with E-state index in [-0.39, 0.29) is 0 Å². The molecule has 0 atom stereocenters. The van der Waals surface area contributed by atoms with Gasteiger partial charge < -0.3 is 4.90 Å². The molecule has 0 radical (unpaired) electrons. The van der Waals surface area contributed by atoms with Crippen molar-refractivity contribution in [1.29, 1.82) is 0 Å². The lowest BCUT2D eigenvalue weighted by Crippen LogP contribution is -2.33. The Balaban J connectivity index is 2.02. The molecule has 2 aromatic heterocycles. The molecule has 2 heterocycles. The molecule has 0 amide bonds. The Labute approximate surface area is 129 Å². The van der Waals surface area contributed by atoms with E-state index in [0.29, 0.717) is 5.95 Å². The van der Waals surface area contributed by atoms with E-state index >= 15 is 0 Å². The minimum absolute atomic E-state index is 0.508. The summed E-state index contributed by atoms with van der Waals surface area (Å²) >= 11 is 1.73. The normalized spacial score (nSPS) is 15.2. The number of nitrogens with one attached hydrogen (secondary N) is 1. The van der Waals surface area contributed by atoms with Gasteiger partial charge in [-0.3, -0.25) is 5.43 Å². The molecular weight excluding hydrogens is 282 g/mol. The molecule has 5 nitrogen and oxygen atoms in total. The Morgan fingerprint density at radius 3 is 2.76 bits per heavy atom. The topological polar surface area (TPSA) is 67.1 Å². The Bertz CT molecular complexity index is 620. The van der Waals surface area contributed by atoms with Crippen LogP contribution >= 0.6 is 11.3 Å². The molecule has 0 saturated heterocycles. The number of hydrogen-bond acceptors (Lipinski definition) is 6. The van der Waals surface area contributed by atoms with E-state index < -0.39 is 0 Å². The van der Waals surface area contributed by atoms with Crippen LogP contribution in [0.25, 0.3) is 10.2 Å². The summed E-state index contributed by atoms with van der Waals surface area (Å²) in [5.74, 6) is 7.89. The Hall–Kier alpha value is -1.40. The molecule has 1 aliphatic carbocycles. The third-order valence-electron chi connectivity index (χ3n) is 4.29. The number of aromatic nitrogens is 2. The number of hydrazine groups is 1. The number of anilines is 2. The van der Waals surface area contributed by atoms with Gasteiger partial charge in [0.1, 0.15) is 10.6 Å². The zero-order chi connectivity index (χ0) is 14.8. The largest absolute Gasteiger partial charge is 0.356 e. The smallest absolute Gasteiger partial charge is 0.240 e. The highest BCUT2D eigenvalue weighted by Gasteiger charge is 2.23. The van der Waals surface area contributed by atoms with Gasteiger partial charge in [-0.15, -0.1) is 11.3 Å². The standard InChI is InChI=1S/C15H23N5S/c1-3-11-8-12-13(17-15(19-16)18-14(12)21-11)20(4-2)9-10-6-5-7-10/h8,10H,3-7,9,16H2,1-2H3,(H,17,18,19). The number of nitrogens with zero attached hydrogens (tertiary/aromatic N) is 3. The van der Waals surface area contributed by atoms with Crippen LogP contribution in [-0.4, -0.2) is 23.1 Å². The third kappa shape index (κ3) is 2.82. The fourth-order valence-corrected chi connectivity index (χ4v) is 3.75. The molecule has 0 unspecified atom stereocenters. The lowest BCUT2D eigenvalue weighted by molar-refractivity contribution is 0.318. The van der Waals surface area contributed by atoms with Gasteiger partial charge in [-0.25, -0.2) is 10.8 Å². The molecule has 0 bridgehead atoms. The summed E-state index contributed by atoms with van der Waals surface area (Å²) in [6.45, 7) is 6.41. The van der Waals surface area contributed by atoms with Crippen LogP contribution in [0.5, 0.6) is 0 Å². The number of thiophene rings is 1. The minimum Gasteiger partial charge on any atom is -0.356 e. The molecule has 3 rings (SSSR count). The fraction of sp³-hybridized carbons (Fsp3) is 0.600. The second kappa shape index (κ2) is 6.15. The Kier molecular flexibility index (Phi) is 4.26. The van der Waals surface area contributed by atoms with Crippen LogP contribution in [0.2, 0.25) is 0 Å². The highest BCUT2D eigenvalue weighted by molar-refractivity contribution is 7.18. The lowest BCUT2D eigenvalue weighted by atomic mass is 9.85. The average molecular weight is 305 g/mol. The van der Waals surface area contributed by atoms with E-state index in [1.807, 2.05) is 0 Å². The summed E-state index contributed by atoms with van der Waals surface area (Å²) in [6.07, 6.45) is 5.09. The molecule has 3 N–H and O–H groups in total. The number of nitrogens with two attached hydrogens (primary N) is 1. The monoisotopic (exact) mass is 305 g/mol. The lowest BCUT2D eigenvalue weighted by Gasteiger charge is -2.32. The molecule has 21 heavy (non-hydrogen) atoms. The molecule has 6 heteroatoms. The van der Waals surface area contributed by atoms with Gasteiger partial charge in [0.15, 0.2) is 0 Å². The first-order valence-corrected chi connectivity index (χ1v) is 8.58. The second-order valence-electron chi connectivity index (χ2n) is 5.64. The average Bonchev–Trinajstić information content (AvgIpc) is 2.88. The van der Waals surface area contributed by atoms with E-state index in [1.54, 1.807) is 11.3 Å². The zero-order valence-electron chi connectivity index (χ0n) is 12.7. The van der Waals surface area contributed by atoms with Crippen molar-refractivity contribution in [2.24, 2.45) is 11.8 Å². The van der Waals surface area contributed by atoms with Crippen molar-refractivity contribution in [2.45, 2.75) is 39.5 Å². The SMILES string of the molecule is CCc1cc2c(N(CC)CC3CCC3)nc(NN)nc2s1. The molecule has 0 aromatic carbocycles. The van der Waals surface area contributed by atoms with Crippen LogP contribution < -0.4 is 16.2 Å². The number of nitrogen functional groups attached to an aromatic ring is 1. The van der Waals surface area contributed by atoms with Crippen molar-refractivity contribution in [3.63, 3.8) is 0 Å². The van der Waals surface area contributed by atoms with Gasteiger partial charge in [-0.05, 0) is 38.2 Å². The van der Waals surface area contributed by atoms with Crippen molar-refractivity contribution in [3.05, 3.63) is 10.9 Å². The van der Waals surface area contributed by atoms with Crippen LogP contribution in [0.4, 0.5) is 11.8 Å². The van der Waals surface area contributed by atoms with Crippen molar-refractivity contribution in [3.8, 4) is 0 Å². The summed E-state index contributed by atoms with van der Waals surface area (Å²) < 4.78 is 0. The number of hydrogen-bond donors (Lipinski definition) is 2. The van der Waals surface area contributed by atoms with E-state index in [1.165, 1.54) is 24.1 Å². The van der Waals surface area contributed by atoms with Crippen molar-refractivity contribution < 1.29 is 0 Å². The van der Waals surface area contributed by atoms with Gasteiger partial charge in [0.05, 0.1) is 5.39 Å². The molecule has 0 aliphatic heterocycles. The summed E-state index contributed by atoms with van der Waals surface area (Å²) in [6, 6.07) is 2.24. The summed E-state index contributed by atoms with van der Waals surface area (Å²) in [4.78, 5) is 13.9. The maximum absolute atomic E-state index is 5.54. The maximum Gasteiger partial charge on any atom is 0.240 e. The number of rotatable bonds is 6. The first kappa shape index (κ1) is 14.5. The van der Waals surface area contributed by atoms with Crippen molar-refractivity contribution in [1.82, 2.24) is 9.97 Å². The number of fused-ring (bicyclic) bond motifs is 1. The molecule has 1 fully saturated rings. The Morgan fingerprint density at radius 1 is 1.38 bits per heavy atom. The fourth-order valence-electron chi connectivity index (χ4n) is 2.79. The van der Waals surface area contributed by atoms with E-state index in [4.69, 9.17) is 5.84 Å². The van der Waals surface area contributed by atoms with Crippen LogP contribution in [0.1, 0.15) is 38.0 Å². The second-order valence-corrected chi connectivity index (χ2v) is 6.75. The first-order chi connectivity index (χ1) is 10.2. The van der Waals surface area contributed by atoms with Gasteiger partial charge in [0, 0.05) is 18.0 Å². The Morgan fingerprint density at radius 2 is 2.19 bits per heavy atom. The molecule has 114 valence electrons. The molecule has 1 saturated carbocycles. The maximum atomic E-state index is 5.54. The molecule has 1 aliphatic rings. The molecular formula is C15H23N5S. The van der Waals surface area contributed by atoms with Crippen molar-refractivity contribution in [2.75, 3.05) is 23.4 Å². The van der Waals surface area contributed by atoms with E-state index in [2.05, 4.69) is 40.2 Å².